The lowest BCUT2D eigenvalue weighted by Gasteiger charge is -2.21. The number of hydrogen-bond donors (Lipinski definition) is 2. The second-order valence-electron chi connectivity index (χ2n) is 6.68. The fourth-order valence-electron chi connectivity index (χ4n) is 3.33. The van der Waals surface area contributed by atoms with Crippen LogP contribution in [0.3, 0.4) is 0 Å². The van der Waals surface area contributed by atoms with Crippen molar-refractivity contribution in [2.75, 3.05) is 16.3 Å². The lowest BCUT2D eigenvalue weighted by Crippen LogP contribution is -2.22. The first kappa shape index (κ1) is 17.3. The Hall–Kier alpha value is -2.13. The number of hydrogen-bond acceptors (Lipinski definition) is 6. The van der Waals surface area contributed by atoms with Crippen LogP contribution in [0.1, 0.15) is 32.1 Å². The fraction of sp³-hybridized carbons (Fsp3) is 0.412. The summed E-state index contributed by atoms with van der Waals surface area (Å²) in [5.41, 5.74) is 2.22. The summed E-state index contributed by atoms with van der Waals surface area (Å²) in [5.74, 6) is 0. The van der Waals surface area contributed by atoms with Crippen LogP contribution in [-0.2, 0) is 10.0 Å². The first-order valence-corrected chi connectivity index (χ1v) is 11.4. The number of fused-ring (bicyclic) bond motifs is 1. The minimum atomic E-state index is -3.31. The van der Waals surface area contributed by atoms with Crippen molar-refractivity contribution in [2.24, 2.45) is 0 Å². The number of aromatic nitrogens is 3. The van der Waals surface area contributed by atoms with Crippen molar-refractivity contribution in [3.05, 3.63) is 30.5 Å². The van der Waals surface area contributed by atoms with Crippen molar-refractivity contribution in [3.63, 3.8) is 0 Å². The van der Waals surface area contributed by atoms with Crippen LogP contribution in [0, 0.1) is 0 Å². The summed E-state index contributed by atoms with van der Waals surface area (Å²) in [4.78, 5) is 5.27. The number of imidazole rings is 1. The van der Waals surface area contributed by atoms with Gasteiger partial charge in [-0.1, -0.05) is 42.7 Å². The van der Waals surface area contributed by atoms with E-state index in [-0.39, 0.29) is 0 Å². The summed E-state index contributed by atoms with van der Waals surface area (Å²) in [6, 6.07) is 7.74. The second-order valence-corrected chi connectivity index (χ2v) is 9.38. The molecule has 0 saturated heterocycles. The molecule has 9 heteroatoms. The maximum Gasteiger partial charge on any atom is 0.229 e. The molecule has 1 aliphatic rings. The molecule has 7 nitrogen and oxygen atoms in total. The Morgan fingerprint density at radius 1 is 1.23 bits per heavy atom. The van der Waals surface area contributed by atoms with E-state index in [9.17, 15) is 8.42 Å². The molecule has 2 aromatic heterocycles. The average Bonchev–Trinajstić information content (AvgIpc) is 3.14. The van der Waals surface area contributed by atoms with E-state index in [0.29, 0.717) is 11.7 Å². The molecule has 0 atom stereocenters. The third-order valence-electron chi connectivity index (χ3n) is 4.48. The highest BCUT2D eigenvalue weighted by Gasteiger charge is 2.17. The van der Waals surface area contributed by atoms with Crippen molar-refractivity contribution in [1.29, 1.82) is 0 Å². The van der Waals surface area contributed by atoms with E-state index >= 15 is 0 Å². The molecule has 3 aromatic rings. The van der Waals surface area contributed by atoms with Crippen LogP contribution in [0.15, 0.2) is 30.5 Å². The van der Waals surface area contributed by atoms with Crippen molar-refractivity contribution in [3.8, 4) is 11.3 Å². The van der Waals surface area contributed by atoms with E-state index < -0.39 is 10.0 Å². The average molecular weight is 392 g/mol. The van der Waals surface area contributed by atoms with E-state index in [1.165, 1.54) is 43.4 Å². The van der Waals surface area contributed by atoms with Crippen LogP contribution < -0.4 is 10.0 Å². The van der Waals surface area contributed by atoms with Crippen LogP contribution in [0.25, 0.3) is 16.2 Å². The van der Waals surface area contributed by atoms with Gasteiger partial charge in [0.25, 0.3) is 0 Å². The Morgan fingerprint density at radius 2 is 2.04 bits per heavy atom. The molecule has 2 heterocycles. The third kappa shape index (κ3) is 3.83. The lowest BCUT2D eigenvalue weighted by molar-refractivity contribution is 0.462. The molecule has 138 valence electrons. The summed E-state index contributed by atoms with van der Waals surface area (Å²) in [7, 11) is -3.31. The van der Waals surface area contributed by atoms with Gasteiger partial charge in [0, 0.05) is 17.3 Å². The van der Waals surface area contributed by atoms with Crippen LogP contribution in [0.2, 0.25) is 0 Å². The summed E-state index contributed by atoms with van der Waals surface area (Å²) in [6.07, 6.45) is 9.14. The van der Waals surface area contributed by atoms with Crippen LogP contribution in [0.4, 0.5) is 10.8 Å². The Labute approximate surface area is 156 Å². The molecule has 1 aromatic carbocycles. The smallest absolute Gasteiger partial charge is 0.229 e. The monoisotopic (exact) mass is 391 g/mol. The van der Waals surface area contributed by atoms with Crippen LogP contribution >= 0.6 is 11.3 Å². The van der Waals surface area contributed by atoms with Gasteiger partial charge >= 0.3 is 0 Å². The van der Waals surface area contributed by atoms with Gasteiger partial charge in [-0.15, -0.1) is 5.10 Å². The molecule has 2 N–H and O–H groups in total. The largest absolute Gasteiger partial charge is 0.357 e. The molecule has 0 spiro atoms. The Morgan fingerprint density at radius 3 is 2.81 bits per heavy atom. The predicted octanol–water partition coefficient (Wildman–Crippen LogP) is 3.57. The highest BCUT2D eigenvalue weighted by Crippen LogP contribution is 2.29. The number of nitrogens with one attached hydrogen (secondary N) is 2. The molecule has 4 rings (SSSR count). The first-order chi connectivity index (χ1) is 12.5. The summed E-state index contributed by atoms with van der Waals surface area (Å²) >= 11 is 1.54. The van der Waals surface area contributed by atoms with Gasteiger partial charge in [0.1, 0.15) is 0 Å². The van der Waals surface area contributed by atoms with Crippen molar-refractivity contribution < 1.29 is 8.42 Å². The molecule has 26 heavy (non-hydrogen) atoms. The van der Waals surface area contributed by atoms with Gasteiger partial charge in [0.2, 0.25) is 20.1 Å². The lowest BCUT2D eigenvalue weighted by atomic mass is 9.96. The Balaban J connectivity index is 1.61. The minimum Gasteiger partial charge on any atom is -0.357 e. The van der Waals surface area contributed by atoms with Crippen molar-refractivity contribution >= 4 is 37.1 Å². The topological polar surface area (TPSA) is 88.4 Å². The van der Waals surface area contributed by atoms with Crippen LogP contribution in [-0.4, -0.2) is 35.3 Å². The van der Waals surface area contributed by atoms with Gasteiger partial charge in [0.15, 0.2) is 0 Å². The number of benzene rings is 1. The number of anilines is 2. The third-order valence-corrected chi connectivity index (χ3v) is 5.94. The number of nitrogens with zero attached hydrogens (tertiary/aromatic N) is 3. The molecule has 0 radical (unpaired) electrons. The van der Waals surface area contributed by atoms with E-state index in [0.717, 1.165) is 27.6 Å². The molecule has 0 aliphatic heterocycles. The van der Waals surface area contributed by atoms with E-state index in [4.69, 9.17) is 0 Å². The van der Waals surface area contributed by atoms with Gasteiger partial charge in [0.05, 0.1) is 18.1 Å². The SMILES string of the molecule is CS(=O)(=O)Nc1cccc(-c2cnc3sc(NC4CCCCC4)nn23)c1. The number of sulfonamides is 1. The van der Waals surface area contributed by atoms with E-state index in [1.54, 1.807) is 18.3 Å². The highest BCUT2D eigenvalue weighted by molar-refractivity contribution is 7.92. The molecule has 1 aliphatic carbocycles. The summed E-state index contributed by atoms with van der Waals surface area (Å²) in [5, 5.41) is 9.08. The zero-order valence-electron chi connectivity index (χ0n) is 14.5. The molecule has 0 unspecified atom stereocenters. The molecule has 0 bridgehead atoms. The van der Waals surface area contributed by atoms with E-state index in [2.05, 4.69) is 20.1 Å². The molecular weight excluding hydrogens is 370 g/mol. The predicted molar refractivity (Wildman–Crippen MR) is 105 cm³/mol. The first-order valence-electron chi connectivity index (χ1n) is 8.67. The quantitative estimate of drug-likeness (QED) is 0.694. The van der Waals surface area contributed by atoms with Gasteiger partial charge in [-0.3, -0.25) is 4.72 Å². The van der Waals surface area contributed by atoms with Gasteiger partial charge in [-0.2, -0.15) is 0 Å². The second kappa shape index (κ2) is 6.88. The fourth-order valence-corrected chi connectivity index (χ4v) is 4.73. The van der Waals surface area contributed by atoms with Gasteiger partial charge < -0.3 is 5.32 Å². The Kier molecular flexibility index (Phi) is 4.58. The summed E-state index contributed by atoms with van der Waals surface area (Å²) < 4.78 is 27.2. The van der Waals surface area contributed by atoms with E-state index in [1.807, 2.05) is 16.6 Å². The zero-order chi connectivity index (χ0) is 18.1. The Bertz CT molecular complexity index is 1020. The highest BCUT2D eigenvalue weighted by atomic mass is 32.2. The molecule has 0 amide bonds. The maximum atomic E-state index is 11.5. The van der Waals surface area contributed by atoms with Crippen molar-refractivity contribution in [2.45, 2.75) is 38.1 Å². The standard InChI is InChI=1S/C17H21N5O2S2/c1-26(23,24)21-14-9-5-6-12(10-14)15-11-18-17-22(15)20-16(25-17)19-13-7-3-2-4-8-13/h5-6,9-11,13,21H,2-4,7-8H2,1H3,(H,19,20). The van der Waals surface area contributed by atoms with Gasteiger partial charge in [-0.25, -0.2) is 17.9 Å². The van der Waals surface area contributed by atoms with Crippen molar-refractivity contribution in [1.82, 2.24) is 14.6 Å². The molecule has 1 saturated carbocycles. The normalized spacial score (nSPS) is 16.0. The van der Waals surface area contributed by atoms with Crippen LogP contribution in [0.5, 0.6) is 0 Å². The zero-order valence-corrected chi connectivity index (χ0v) is 16.1. The maximum absolute atomic E-state index is 11.5. The number of rotatable bonds is 5. The summed E-state index contributed by atoms with van der Waals surface area (Å²) in [6.45, 7) is 0. The molecule has 1 fully saturated rings. The van der Waals surface area contributed by atoms with Gasteiger partial charge in [-0.05, 0) is 25.0 Å². The molecular formula is C17H21N5O2S2. The minimum absolute atomic E-state index is 0.491.